The Labute approximate surface area is 157 Å². The third-order valence-electron chi connectivity index (χ3n) is 6.44. The van der Waals surface area contributed by atoms with Crippen molar-refractivity contribution in [3.63, 3.8) is 0 Å². The lowest BCUT2D eigenvalue weighted by Crippen LogP contribution is -2.49. The number of anilines is 1. The van der Waals surface area contributed by atoms with Gasteiger partial charge in [0.2, 0.25) is 5.95 Å². The Bertz CT molecular complexity index is 994. The number of piperidine rings is 1. The van der Waals surface area contributed by atoms with Gasteiger partial charge in [-0.15, -0.1) is 0 Å². The minimum Gasteiger partial charge on any atom is -0.368 e. The van der Waals surface area contributed by atoms with Gasteiger partial charge in [0.05, 0.1) is 5.69 Å². The van der Waals surface area contributed by atoms with E-state index in [2.05, 4.69) is 15.0 Å². The minimum absolute atomic E-state index is 0.163. The molecule has 1 spiro atoms. The normalized spacial score (nSPS) is 23.5. The Morgan fingerprint density at radius 3 is 2.96 bits per heavy atom. The van der Waals surface area contributed by atoms with Crippen molar-refractivity contribution in [3.8, 4) is 0 Å². The first kappa shape index (κ1) is 16.5. The van der Waals surface area contributed by atoms with E-state index in [1.165, 1.54) is 0 Å². The van der Waals surface area contributed by atoms with Gasteiger partial charge in [-0.2, -0.15) is 0 Å². The predicted molar refractivity (Wildman–Crippen MR) is 101 cm³/mol. The van der Waals surface area contributed by atoms with E-state index in [1.807, 2.05) is 17.2 Å². The summed E-state index contributed by atoms with van der Waals surface area (Å²) in [5, 5.41) is 0. The summed E-state index contributed by atoms with van der Waals surface area (Å²) in [7, 11) is 0. The van der Waals surface area contributed by atoms with Crippen LogP contribution >= 0.6 is 0 Å². The van der Waals surface area contributed by atoms with Gasteiger partial charge in [-0.25, -0.2) is 9.97 Å². The molecular weight excluding hydrogens is 342 g/mol. The molecule has 1 amide bonds. The van der Waals surface area contributed by atoms with Crippen LogP contribution in [0, 0.1) is 0 Å². The van der Waals surface area contributed by atoms with Crippen molar-refractivity contribution in [3.05, 3.63) is 50.7 Å². The van der Waals surface area contributed by atoms with Gasteiger partial charge < -0.3 is 15.6 Å². The molecule has 0 radical (unpaired) electrons. The van der Waals surface area contributed by atoms with Crippen LogP contribution < -0.4 is 11.3 Å². The maximum atomic E-state index is 13.2. The molecule has 2 aromatic heterocycles. The van der Waals surface area contributed by atoms with E-state index in [0.29, 0.717) is 13.1 Å². The average Bonchev–Trinajstić information content (AvgIpc) is 3.25. The Hall–Kier alpha value is -2.70. The molecule has 0 bridgehead atoms. The van der Waals surface area contributed by atoms with Crippen LogP contribution in [0.4, 0.5) is 5.95 Å². The number of fused-ring (bicyclic) bond motifs is 3. The van der Waals surface area contributed by atoms with Crippen LogP contribution in [0.3, 0.4) is 0 Å². The number of likely N-dealkylation sites (tertiary alicyclic amines) is 1. The molecule has 1 atom stereocenters. The van der Waals surface area contributed by atoms with E-state index in [0.717, 1.165) is 67.5 Å². The molecule has 1 fully saturated rings. The second kappa shape index (κ2) is 5.90. The molecule has 3 N–H and O–H groups in total. The molecule has 5 rings (SSSR count). The first-order valence-electron chi connectivity index (χ1n) is 9.72. The number of nitrogens with two attached hydrogens (primary N) is 1. The maximum Gasteiger partial charge on any atom is 0.261 e. The summed E-state index contributed by atoms with van der Waals surface area (Å²) in [6.07, 6.45) is 8.43. The lowest BCUT2D eigenvalue weighted by molar-refractivity contribution is 0.0631. The summed E-state index contributed by atoms with van der Waals surface area (Å²) in [6, 6.07) is 1.81. The number of rotatable bonds is 1. The fraction of sp³-hybridized carbons (Fsp3) is 0.500. The molecule has 2 aliphatic carbocycles. The van der Waals surface area contributed by atoms with Gasteiger partial charge in [0.25, 0.3) is 11.5 Å². The predicted octanol–water partition coefficient (Wildman–Crippen LogP) is 1.36. The Morgan fingerprint density at radius 2 is 2.07 bits per heavy atom. The number of nitrogens with zero attached hydrogens (tertiary/aromatic N) is 3. The summed E-state index contributed by atoms with van der Waals surface area (Å²) in [4.78, 5) is 39.1. The van der Waals surface area contributed by atoms with Crippen LogP contribution in [0.2, 0.25) is 0 Å². The van der Waals surface area contributed by atoms with Gasteiger partial charge in [-0.3, -0.25) is 9.59 Å². The molecule has 140 valence electrons. The molecule has 3 aliphatic rings. The van der Waals surface area contributed by atoms with Gasteiger partial charge in [0, 0.05) is 30.4 Å². The van der Waals surface area contributed by atoms with Crippen LogP contribution in [0.5, 0.6) is 0 Å². The number of aromatic amines is 1. The summed E-state index contributed by atoms with van der Waals surface area (Å²) >= 11 is 0. The number of nitrogen functional groups attached to an aromatic ring is 1. The van der Waals surface area contributed by atoms with Crippen molar-refractivity contribution in [1.29, 1.82) is 0 Å². The number of pyridine rings is 1. The molecule has 7 heteroatoms. The molecule has 1 aliphatic heterocycles. The second-order valence-corrected chi connectivity index (χ2v) is 8.08. The van der Waals surface area contributed by atoms with Crippen LogP contribution in [0.15, 0.2) is 17.1 Å². The zero-order valence-electron chi connectivity index (χ0n) is 15.3. The van der Waals surface area contributed by atoms with E-state index in [4.69, 9.17) is 5.73 Å². The SMILES string of the molecule is Nc1ncc2c(n1)C1(CCCN(C(=O)c3cc4c([nH]c3=O)CCC4)C1)CC2. The van der Waals surface area contributed by atoms with Gasteiger partial charge in [-0.05, 0) is 62.1 Å². The number of hydrogen-bond donors (Lipinski definition) is 2. The number of carbonyl (C=O) groups excluding carboxylic acids is 1. The molecule has 7 nitrogen and oxygen atoms in total. The molecule has 0 saturated carbocycles. The van der Waals surface area contributed by atoms with Crippen molar-refractivity contribution in [2.45, 2.75) is 50.4 Å². The third-order valence-corrected chi connectivity index (χ3v) is 6.44. The smallest absolute Gasteiger partial charge is 0.261 e. The number of H-pyrrole nitrogens is 1. The Kier molecular flexibility index (Phi) is 3.60. The third kappa shape index (κ3) is 2.56. The quantitative estimate of drug-likeness (QED) is 0.794. The highest BCUT2D eigenvalue weighted by molar-refractivity contribution is 5.94. The summed E-state index contributed by atoms with van der Waals surface area (Å²) < 4.78 is 0. The Morgan fingerprint density at radius 1 is 1.19 bits per heavy atom. The molecule has 0 aromatic carbocycles. The van der Waals surface area contributed by atoms with Gasteiger partial charge >= 0.3 is 0 Å². The van der Waals surface area contributed by atoms with Gasteiger partial charge in [-0.1, -0.05) is 0 Å². The fourth-order valence-corrected chi connectivity index (χ4v) is 5.10. The average molecular weight is 365 g/mol. The highest BCUT2D eigenvalue weighted by atomic mass is 16.2. The number of hydrogen-bond acceptors (Lipinski definition) is 5. The summed E-state index contributed by atoms with van der Waals surface area (Å²) in [5.74, 6) is 0.119. The van der Waals surface area contributed by atoms with E-state index in [1.54, 1.807) is 0 Å². The molecule has 3 heterocycles. The standard InChI is InChI=1S/C20H23N5O2/c21-19-22-10-13-5-7-20(16(13)24-19)6-2-8-25(11-20)18(27)14-9-12-3-1-4-15(12)23-17(14)26/h9-10H,1-8,11H2,(H,23,26)(H2,21,22,24). The number of carbonyl (C=O) groups is 1. The highest BCUT2D eigenvalue weighted by Gasteiger charge is 2.45. The molecule has 1 saturated heterocycles. The van der Waals surface area contributed by atoms with Crippen molar-refractivity contribution in [1.82, 2.24) is 19.9 Å². The summed E-state index contributed by atoms with van der Waals surface area (Å²) in [6.45, 7) is 1.26. The lowest BCUT2D eigenvalue weighted by atomic mass is 9.77. The van der Waals surface area contributed by atoms with Crippen LogP contribution in [-0.4, -0.2) is 38.8 Å². The highest BCUT2D eigenvalue weighted by Crippen LogP contribution is 2.44. The van der Waals surface area contributed by atoms with E-state index < -0.39 is 0 Å². The van der Waals surface area contributed by atoms with E-state index >= 15 is 0 Å². The van der Waals surface area contributed by atoms with Gasteiger partial charge in [0.1, 0.15) is 5.56 Å². The number of aryl methyl sites for hydroxylation is 3. The van der Waals surface area contributed by atoms with Crippen LogP contribution in [0.1, 0.15) is 58.6 Å². The van der Waals surface area contributed by atoms with E-state index in [9.17, 15) is 9.59 Å². The number of aromatic nitrogens is 3. The molecule has 27 heavy (non-hydrogen) atoms. The topological polar surface area (TPSA) is 105 Å². The van der Waals surface area contributed by atoms with Crippen molar-refractivity contribution in [2.75, 3.05) is 18.8 Å². The first-order valence-corrected chi connectivity index (χ1v) is 9.72. The zero-order chi connectivity index (χ0) is 18.6. The number of amides is 1. The second-order valence-electron chi connectivity index (χ2n) is 8.08. The largest absolute Gasteiger partial charge is 0.368 e. The molecule has 2 aromatic rings. The molecule has 1 unspecified atom stereocenters. The number of nitrogens with one attached hydrogen (secondary N) is 1. The Balaban J connectivity index is 1.47. The van der Waals surface area contributed by atoms with E-state index in [-0.39, 0.29) is 28.4 Å². The van der Waals surface area contributed by atoms with Crippen LogP contribution in [-0.2, 0) is 24.7 Å². The van der Waals surface area contributed by atoms with Crippen LogP contribution in [0.25, 0.3) is 0 Å². The first-order chi connectivity index (χ1) is 13.1. The minimum atomic E-state index is -0.265. The summed E-state index contributed by atoms with van der Waals surface area (Å²) in [5.41, 5.74) is 9.90. The lowest BCUT2D eigenvalue weighted by Gasteiger charge is -2.40. The van der Waals surface area contributed by atoms with Gasteiger partial charge in [0.15, 0.2) is 0 Å². The fourth-order valence-electron chi connectivity index (χ4n) is 5.10. The van der Waals surface area contributed by atoms with Crippen molar-refractivity contribution < 1.29 is 4.79 Å². The maximum absolute atomic E-state index is 13.2. The zero-order valence-corrected chi connectivity index (χ0v) is 15.3. The van der Waals surface area contributed by atoms with Crippen molar-refractivity contribution in [2.24, 2.45) is 0 Å². The monoisotopic (exact) mass is 365 g/mol. The van der Waals surface area contributed by atoms with Crippen molar-refractivity contribution >= 4 is 11.9 Å². The molecular formula is C20H23N5O2.